The van der Waals surface area contributed by atoms with Crippen molar-refractivity contribution in [2.75, 3.05) is 7.11 Å². The Labute approximate surface area is 86.1 Å². The van der Waals surface area contributed by atoms with Crippen LogP contribution in [-0.2, 0) is 6.42 Å². The van der Waals surface area contributed by atoms with Crippen molar-refractivity contribution in [1.29, 1.82) is 0 Å². The second-order valence-corrected chi connectivity index (χ2v) is 4.18. The van der Waals surface area contributed by atoms with Crippen molar-refractivity contribution in [2.45, 2.75) is 32.1 Å². The van der Waals surface area contributed by atoms with Crippen molar-refractivity contribution in [3.05, 3.63) is 29.8 Å². The standard InChI is InChI=1S/C13H18O/c1-14-13-9-7-12(8-10-13)6-5-11-3-2-4-11/h7-11H,2-6H2,1H3. The fourth-order valence-electron chi connectivity index (χ4n) is 1.94. The number of methoxy groups -OCH3 is 1. The van der Waals surface area contributed by atoms with Gasteiger partial charge >= 0.3 is 0 Å². The zero-order valence-corrected chi connectivity index (χ0v) is 8.83. The molecule has 0 unspecified atom stereocenters. The monoisotopic (exact) mass is 190 g/mol. The van der Waals surface area contributed by atoms with Crippen LogP contribution >= 0.6 is 0 Å². The van der Waals surface area contributed by atoms with E-state index in [1.54, 1.807) is 7.11 Å². The Morgan fingerprint density at radius 1 is 1.21 bits per heavy atom. The summed E-state index contributed by atoms with van der Waals surface area (Å²) in [7, 11) is 1.71. The average Bonchev–Trinajstić information content (AvgIpc) is 2.16. The molecule has 1 aliphatic carbocycles. The summed E-state index contributed by atoms with van der Waals surface area (Å²) < 4.78 is 5.13. The molecular formula is C13H18O. The molecule has 1 aromatic rings. The molecule has 0 N–H and O–H groups in total. The molecule has 0 aromatic heterocycles. The largest absolute Gasteiger partial charge is 0.497 e. The molecule has 1 heteroatoms. The van der Waals surface area contributed by atoms with Gasteiger partial charge in [0.25, 0.3) is 0 Å². The van der Waals surface area contributed by atoms with Gasteiger partial charge in [-0.2, -0.15) is 0 Å². The number of benzene rings is 1. The second-order valence-electron chi connectivity index (χ2n) is 4.18. The second kappa shape index (κ2) is 4.50. The van der Waals surface area contributed by atoms with Gasteiger partial charge in [-0.1, -0.05) is 31.4 Å². The summed E-state index contributed by atoms with van der Waals surface area (Å²) in [5.41, 5.74) is 1.44. The minimum absolute atomic E-state index is 0.956. The molecule has 0 amide bonds. The zero-order valence-electron chi connectivity index (χ0n) is 8.83. The van der Waals surface area contributed by atoms with Crippen molar-refractivity contribution in [2.24, 2.45) is 5.92 Å². The molecule has 1 aliphatic rings. The van der Waals surface area contributed by atoms with E-state index in [1.165, 1.54) is 37.7 Å². The van der Waals surface area contributed by atoms with Crippen LogP contribution in [0.2, 0.25) is 0 Å². The van der Waals surface area contributed by atoms with E-state index in [-0.39, 0.29) is 0 Å². The molecular weight excluding hydrogens is 172 g/mol. The summed E-state index contributed by atoms with van der Waals surface area (Å²) in [6.07, 6.45) is 6.96. The minimum atomic E-state index is 0.956. The summed E-state index contributed by atoms with van der Waals surface area (Å²) in [6, 6.07) is 8.46. The van der Waals surface area contributed by atoms with Crippen LogP contribution in [0, 0.1) is 5.92 Å². The van der Waals surface area contributed by atoms with Gasteiger partial charge in [0.2, 0.25) is 0 Å². The van der Waals surface area contributed by atoms with E-state index >= 15 is 0 Å². The summed E-state index contributed by atoms with van der Waals surface area (Å²) in [4.78, 5) is 0. The molecule has 14 heavy (non-hydrogen) atoms. The van der Waals surface area contributed by atoms with E-state index < -0.39 is 0 Å². The molecule has 0 heterocycles. The molecule has 1 nitrogen and oxygen atoms in total. The third-order valence-electron chi connectivity index (χ3n) is 3.23. The Bertz CT molecular complexity index is 272. The maximum atomic E-state index is 5.13. The molecule has 0 saturated heterocycles. The lowest BCUT2D eigenvalue weighted by atomic mass is 9.81. The summed E-state index contributed by atoms with van der Waals surface area (Å²) in [5, 5.41) is 0. The van der Waals surface area contributed by atoms with Gasteiger partial charge in [0.1, 0.15) is 5.75 Å². The van der Waals surface area contributed by atoms with Crippen molar-refractivity contribution < 1.29 is 4.74 Å². The molecule has 1 aromatic carbocycles. The Morgan fingerprint density at radius 2 is 1.93 bits per heavy atom. The molecule has 0 spiro atoms. The molecule has 76 valence electrons. The lowest BCUT2D eigenvalue weighted by Crippen LogP contribution is -2.11. The van der Waals surface area contributed by atoms with Gasteiger partial charge in [0.05, 0.1) is 7.11 Å². The minimum Gasteiger partial charge on any atom is -0.497 e. The van der Waals surface area contributed by atoms with Gasteiger partial charge in [-0.15, -0.1) is 0 Å². The summed E-state index contributed by atoms with van der Waals surface area (Å²) >= 11 is 0. The lowest BCUT2D eigenvalue weighted by molar-refractivity contribution is 0.296. The van der Waals surface area contributed by atoms with Gasteiger partial charge in [-0.05, 0) is 36.5 Å². The number of aryl methyl sites for hydroxylation is 1. The molecule has 0 aliphatic heterocycles. The average molecular weight is 190 g/mol. The summed E-state index contributed by atoms with van der Waals surface area (Å²) in [5.74, 6) is 1.97. The molecule has 1 fully saturated rings. The van der Waals surface area contributed by atoms with Crippen LogP contribution in [0.15, 0.2) is 24.3 Å². The predicted molar refractivity (Wildman–Crippen MR) is 58.7 cm³/mol. The van der Waals surface area contributed by atoms with Crippen LogP contribution in [0.1, 0.15) is 31.2 Å². The van der Waals surface area contributed by atoms with E-state index in [2.05, 4.69) is 24.3 Å². The number of hydrogen-bond acceptors (Lipinski definition) is 1. The summed E-state index contributed by atoms with van der Waals surface area (Å²) in [6.45, 7) is 0. The first-order chi connectivity index (χ1) is 6.88. The molecule has 2 rings (SSSR count). The van der Waals surface area contributed by atoms with Crippen molar-refractivity contribution >= 4 is 0 Å². The quantitative estimate of drug-likeness (QED) is 0.706. The SMILES string of the molecule is COc1ccc(CCC2CCC2)cc1. The van der Waals surface area contributed by atoms with Crippen LogP contribution in [0.4, 0.5) is 0 Å². The fourth-order valence-corrected chi connectivity index (χ4v) is 1.94. The maximum absolute atomic E-state index is 5.13. The van der Waals surface area contributed by atoms with Gasteiger partial charge in [0, 0.05) is 0 Å². The highest BCUT2D eigenvalue weighted by atomic mass is 16.5. The smallest absolute Gasteiger partial charge is 0.118 e. The highest BCUT2D eigenvalue weighted by Crippen LogP contribution is 2.30. The van der Waals surface area contributed by atoms with Crippen LogP contribution in [0.5, 0.6) is 5.75 Å². The van der Waals surface area contributed by atoms with Gasteiger partial charge in [0.15, 0.2) is 0 Å². The number of rotatable bonds is 4. The first-order valence-electron chi connectivity index (χ1n) is 5.51. The highest BCUT2D eigenvalue weighted by Gasteiger charge is 2.16. The predicted octanol–water partition coefficient (Wildman–Crippen LogP) is 3.43. The molecule has 0 radical (unpaired) electrons. The normalized spacial score (nSPS) is 16.4. The fraction of sp³-hybridized carbons (Fsp3) is 0.538. The Morgan fingerprint density at radius 3 is 2.43 bits per heavy atom. The molecule has 1 saturated carbocycles. The van der Waals surface area contributed by atoms with Crippen LogP contribution < -0.4 is 4.74 Å². The highest BCUT2D eigenvalue weighted by molar-refractivity contribution is 5.27. The van der Waals surface area contributed by atoms with E-state index in [4.69, 9.17) is 4.74 Å². The van der Waals surface area contributed by atoms with Crippen LogP contribution in [0.3, 0.4) is 0 Å². The van der Waals surface area contributed by atoms with E-state index in [9.17, 15) is 0 Å². The van der Waals surface area contributed by atoms with Crippen LogP contribution in [-0.4, -0.2) is 7.11 Å². The third kappa shape index (κ3) is 2.28. The lowest BCUT2D eigenvalue weighted by Gasteiger charge is -2.25. The zero-order chi connectivity index (χ0) is 9.80. The topological polar surface area (TPSA) is 9.23 Å². The van der Waals surface area contributed by atoms with Crippen molar-refractivity contribution in [3.8, 4) is 5.75 Å². The first kappa shape index (κ1) is 9.57. The maximum Gasteiger partial charge on any atom is 0.118 e. The first-order valence-corrected chi connectivity index (χ1v) is 5.51. The van der Waals surface area contributed by atoms with Gasteiger partial charge < -0.3 is 4.74 Å². The van der Waals surface area contributed by atoms with Crippen LogP contribution in [0.25, 0.3) is 0 Å². The molecule has 0 atom stereocenters. The van der Waals surface area contributed by atoms with E-state index in [0.29, 0.717) is 0 Å². The third-order valence-corrected chi connectivity index (χ3v) is 3.23. The number of hydrogen-bond donors (Lipinski definition) is 0. The van der Waals surface area contributed by atoms with Crippen molar-refractivity contribution in [1.82, 2.24) is 0 Å². The van der Waals surface area contributed by atoms with Gasteiger partial charge in [-0.25, -0.2) is 0 Å². The van der Waals surface area contributed by atoms with E-state index in [1.807, 2.05) is 0 Å². The van der Waals surface area contributed by atoms with E-state index in [0.717, 1.165) is 11.7 Å². The van der Waals surface area contributed by atoms with Crippen molar-refractivity contribution in [3.63, 3.8) is 0 Å². The Kier molecular flexibility index (Phi) is 3.07. The Balaban J connectivity index is 1.83. The van der Waals surface area contributed by atoms with Gasteiger partial charge in [-0.3, -0.25) is 0 Å². The molecule has 0 bridgehead atoms. The Hall–Kier alpha value is -0.980. The number of ether oxygens (including phenoxy) is 1.